The van der Waals surface area contributed by atoms with Crippen molar-refractivity contribution < 1.29 is 9.13 Å². The van der Waals surface area contributed by atoms with Gasteiger partial charge in [-0.05, 0) is 32.4 Å². The number of anilines is 1. The van der Waals surface area contributed by atoms with Crippen molar-refractivity contribution in [3.8, 4) is 0 Å². The summed E-state index contributed by atoms with van der Waals surface area (Å²) in [5, 5.41) is 3.68. The summed E-state index contributed by atoms with van der Waals surface area (Å²) in [7, 11) is 0. The summed E-state index contributed by atoms with van der Waals surface area (Å²) in [5.74, 6) is 0.0302. The van der Waals surface area contributed by atoms with E-state index >= 15 is 4.39 Å². The molecule has 0 bridgehead atoms. The van der Waals surface area contributed by atoms with Crippen LogP contribution >= 0.6 is 0 Å². The van der Waals surface area contributed by atoms with Crippen molar-refractivity contribution in [2.45, 2.75) is 39.4 Å². The Morgan fingerprint density at radius 1 is 1.25 bits per heavy atom. The van der Waals surface area contributed by atoms with E-state index in [4.69, 9.17) is 4.74 Å². The molecule has 10 heteroatoms. The molecule has 0 amide bonds. The van der Waals surface area contributed by atoms with E-state index in [-0.39, 0.29) is 5.52 Å². The lowest BCUT2D eigenvalue weighted by Gasteiger charge is -2.41. The van der Waals surface area contributed by atoms with Crippen LogP contribution < -0.4 is 11.0 Å². The van der Waals surface area contributed by atoms with Gasteiger partial charge in [0, 0.05) is 63.7 Å². The monoisotopic (exact) mass is 493 g/mol. The van der Waals surface area contributed by atoms with Crippen LogP contribution in [0.4, 0.5) is 15.9 Å². The van der Waals surface area contributed by atoms with Crippen molar-refractivity contribution in [3.63, 3.8) is 0 Å². The molecule has 0 spiro atoms. The first-order valence-electron chi connectivity index (χ1n) is 12.8. The minimum Gasteiger partial charge on any atom is -0.379 e. The summed E-state index contributed by atoms with van der Waals surface area (Å²) in [4.78, 5) is 28.1. The van der Waals surface area contributed by atoms with E-state index in [1.165, 1.54) is 16.0 Å². The van der Waals surface area contributed by atoms with Crippen LogP contribution in [0.1, 0.15) is 25.8 Å². The predicted molar refractivity (Wildman–Crippen MR) is 138 cm³/mol. The van der Waals surface area contributed by atoms with E-state index in [1.807, 2.05) is 13.0 Å². The molecular weight excluding hydrogens is 461 g/mol. The van der Waals surface area contributed by atoms with E-state index in [1.54, 1.807) is 6.34 Å². The summed E-state index contributed by atoms with van der Waals surface area (Å²) in [6, 6.07) is 2.29. The molecule has 0 radical (unpaired) electrons. The predicted octanol–water partition coefficient (Wildman–Crippen LogP) is 2.65. The standard InChI is InChI=1S/C26H32FN7O2/c1-3-33-25-22-20(28-16-29-25)13-18(23(27)24(22)30-26(33)35)14-31-8-10-32(11-9-31)21-5-4-7-34(17(21)2)19-6-12-36-15-19/h4-5,13,16,19H,3,6-12,14-15H2,1-2H3,(H,28,29)/t19-/m0/s1. The second-order valence-corrected chi connectivity index (χ2v) is 9.79. The molecule has 0 unspecified atom stereocenters. The first-order chi connectivity index (χ1) is 17.5. The average molecular weight is 494 g/mol. The lowest BCUT2D eigenvalue weighted by Crippen LogP contribution is -2.47. The van der Waals surface area contributed by atoms with Gasteiger partial charge in [0.25, 0.3) is 0 Å². The van der Waals surface area contributed by atoms with Crippen LogP contribution in [0, 0.1) is 5.82 Å². The number of aliphatic imine (C=N–C) groups is 1. The average Bonchev–Trinajstić information content (AvgIpc) is 3.42. The van der Waals surface area contributed by atoms with Crippen molar-refractivity contribution in [3.05, 3.63) is 51.5 Å². The summed E-state index contributed by atoms with van der Waals surface area (Å²) >= 11 is 0. The number of benzene rings is 1. The molecule has 2 fully saturated rings. The first-order valence-corrected chi connectivity index (χ1v) is 12.8. The van der Waals surface area contributed by atoms with Crippen molar-refractivity contribution in [2.75, 3.05) is 51.3 Å². The summed E-state index contributed by atoms with van der Waals surface area (Å²) in [6.45, 7) is 11.0. The van der Waals surface area contributed by atoms with Gasteiger partial charge in [-0.1, -0.05) is 6.08 Å². The fourth-order valence-corrected chi connectivity index (χ4v) is 5.82. The molecule has 9 nitrogen and oxygen atoms in total. The maximum atomic E-state index is 15.6. The number of hydrogen-bond acceptors (Lipinski definition) is 8. The fourth-order valence-electron chi connectivity index (χ4n) is 5.82. The van der Waals surface area contributed by atoms with E-state index in [0.717, 1.165) is 58.0 Å². The Balaban J connectivity index is 1.20. The number of nitrogens with zero attached hydrogens (tertiary/aromatic N) is 6. The normalized spacial score (nSPS) is 22.1. The lowest BCUT2D eigenvalue weighted by atomic mass is 10.1. The fraction of sp³-hybridized carbons (Fsp3) is 0.500. The third-order valence-corrected chi connectivity index (χ3v) is 7.79. The lowest BCUT2D eigenvalue weighted by molar-refractivity contribution is 0.143. The smallest absolute Gasteiger partial charge is 0.349 e. The molecule has 1 atom stereocenters. The van der Waals surface area contributed by atoms with Gasteiger partial charge in [0.05, 0.1) is 35.8 Å². The second-order valence-electron chi connectivity index (χ2n) is 9.79. The molecule has 190 valence electrons. The molecule has 4 aliphatic heterocycles. The number of rotatable bonds is 5. The minimum atomic E-state index is -0.475. The van der Waals surface area contributed by atoms with Gasteiger partial charge < -0.3 is 19.9 Å². The molecule has 0 saturated carbocycles. The highest BCUT2D eigenvalue weighted by atomic mass is 19.1. The summed E-state index contributed by atoms with van der Waals surface area (Å²) in [6.07, 6.45) is 7.12. The zero-order valence-corrected chi connectivity index (χ0v) is 20.8. The Hall–Kier alpha value is -3.24. The molecular formula is C26H32FN7O2. The maximum Gasteiger partial charge on any atom is 0.349 e. The minimum absolute atomic E-state index is 0.0966. The van der Waals surface area contributed by atoms with Gasteiger partial charge in [0.1, 0.15) is 11.3 Å². The number of aromatic nitrogens is 2. The Morgan fingerprint density at radius 2 is 2.08 bits per heavy atom. The van der Waals surface area contributed by atoms with Crippen LogP contribution in [0.2, 0.25) is 0 Å². The number of nitrogens with one attached hydrogen (secondary N) is 1. The van der Waals surface area contributed by atoms with E-state index in [2.05, 4.69) is 49.1 Å². The maximum absolute atomic E-state index is 15.6. The summed E-state index contributed by atoms with van der Waals surface area (Å²) < 4.78 is 22.7. The van der Waals surface area contributed by atoms with Crippen LogP contribution in [0.5, 0.6) is 0 Å². The Labute approximate surface area is 209 Å². The third kappa shape index (κ3) is 3.88. The molecule has 36 heavy (non-hydrogen) atoms. The van der Waals surface area contributed by atoms with Crippen LogP contribution in [0.25, 0.3) is 10.9 Å². The molecule has 5 heterocycles. The quantitative estimate of drug-likeness (QED) is 0.686. The van der Waals surface area contributed by atoms with Gasteiger partial charge in [-0.3, -0.25) is 9.47 Å². The molecule has 1 aromatic heterocycles. The van der Waals surface area contributed by atoms with Crippen molar-refractivity contribution in [2.24, 2.45) is 4.99 Å². The molecule has 2 aromatic rings. The number of hydrogen-bond donors (Lipinski definition) is 1. The summed E-state index contributed by atoms with van der Waals surface area (Å²) in [5.41, 5.74) is 3.50. The van der Waals surface area contributed by atoms with Gasteiger partial charge in [-0.15, -0.1) is 0 Å². The van der Waals surface area contributed by atoms with E-state index < -0.39 is 11.5 Å². The molecule has 2 saturated heterocycles. The number of piperazine rings is 1. The van der Waals surface area contributed by atoms with Crippen LogP contribution in [-0.4, -0.2) is 82.6 Å². The molecule has 1 aromatic carbocycles. The van der Waals surface area contributed by atoms with Crippen LogP contribution in [0.3, 0.4) is 0 Å². The molecule has 4 aliphatic rings. The van der Waals surface area contributed by atoms with Crippen molar-refractivity contribution in [1.82, 2.24) is 24.3 Å². The first kappa shape index (κ1) is 23.2. The van der Waals surface area contributed by atoms with Crippen molar-refractivity contribution in [1.29, 1.82) is 0 Å². The molecule has 1 N–H and O–H groups in total. The van der Waals surface area contributed by atoms with E-state index in [9.17, 15) is 4.79 Å². The highest BCUT2D eigenvalue weighted by Gasteiger charge is 2.29. The largest absolute Gasteiger partial charge is 0.379 e. The Morgan fingerprint density at radius 3 is 2.83 bits per heavy atom. The Kier molecular flexibility index (Phi) is 6.00. The van der Waals surface area contributed by atoms with Gasteiger partial charge in [0.15, 0.2) is 5.82 Å². The van der Waals surface area contributed by atoms with Gasteiger partial charge in [-0.25, -0.2) is 14.2 Å². The van der Waals surface area contributed by atoms with Crippen LogP contribution in [0.15, 0.2) is 39.4 Å². The zero-order chi connectivity index (χ0) is 24.8. The van der Waals surface area contributed by atoms with Gasteiger partial charge >= 0.3 is 5.69 Å². The second kappa shape index (κ2) is 9.33. The number of ether oxygens (including phenoxy) is 1. The molecule has 6 rings (SSSR count). The number of halogens is 1. The van der Waals surface area contributed by atoms with Gasteiger partial charge in [0.2, 0.25) is 0 Å². The number of allylic oxidation sites excluding steroid dienone is 2. The van der Waals surface area contributed by atoms with E-state index in [0.29, 0.717) is 35.9 Å². The van der Waals surface area contributed by atoms with Gasteiger partial charge in [-0.2, -0.15) is 4.98 Å². The third-order valence-electron chi connectivity index (χ3n) is 7.79. The van der Waals surface area contributed by atoms with Crippen LogP contribution in [-0.2, 0) is 17.8 Å². The Bertz CT molecular complexity index is 1330. The molecule has 0 aliphatic carbocycles. The zero-order valence-electron chi connectivity index (χ0n) is 20.8. The van der Waals surface area contributed by atoms with Crippen molar-refractivity contribution >= 4 is 28.7 Å². The SMILES string of the molecule is CCn1c2c3c(cc(CN4CCN(C5=C(C)N([C@H]6CCOC6)CC=C5)CC4)c(F)c3nc1=O)NC=N2. The highest BCUT2D eigenvalue weighted by molar-refractivity contribution is 6.06. The highest BCUT2D eigenvalue weighted by Crippen LogP contribution is 2.36. The topological polar surface area (TPSA) is 78.2 Å².